The lowest BCUT2D eigenvalue weighted by Gasteiger charge is -2.30. The van der Waals surface area contributed by atoms with Crippen LogP contribution >= 0.6 is 0 Å². The molecule has 1 saturated carbocycles. The number of ether oxygens (including phenoxy) is 2. The molecule has 1 fully saturated rings. The predicted molar refractivity (Wildman–Crippen MR) is 84.3 cm³/mol. The van der Waals surface area contributed by atoms with Crippen molar-refractivity contribution < 1.29 is 19.1 Å². The maximum absolute atomic E-state index is 12.4. The first-order chi connectivity index (χ1) is 9.89. The van der Waals surface area contributed by atoms with E-state index in [1.54, 1.807) is 41.5 Å². The second-order valence-corrected chi connectivity index (χ2v) is 7.92. The Morgan fingerprint density at radius 2 is 1.59 bits per heavy atom. The van der Waals surface area contributed by atoms with E-state index in [2.05, 4.69) is 5.32 Å². The molecule has 0 aliphatic heterocycles. The molecule has 6 heteroatoms. The number of hydrogen-bond donors (Lipinski definition) is 2. The molecule has 0 unspecified atom stereocenters. The molecular formula is C16H30N2O4. The Bertz CT molecular complexity index is 409. The Balaban J connectivity index is 2.82. The summed E-state index contributed by atoms with van der Waals surface area (Å²) in [6, 6.07) is -0.890. The Morgan fingerprint density at radius 3 is 2.00 bits per heavy atom. The van der Waals surface area contributed by atoms with Crippen LogP contribution in [0.1, 0.15) is 60.8 Å². The van der Waals surface area contributed by atoms with Crippen LogP contribution in [0, 0.1) is 5.92 Å². The maximum atomic E-state index is 12.4. The van der Waals surface area contributed by atoms with Crippen molar-refractivity contribution in [3.8, 4) is 0 Å². The molecule has 22 heavy (non-hydrogen) atoms. The third-order valence-corrected chi connectivity index (χ3v) is 3.39. The lowest BCUT2D eigenvalue weighted by Crippen LogP contribution is -2.52. The zero-order valence-corrected chi connectivity index (χ0v) is 14.6. The summed E-state index contributed by atoms with van der Waals surface area (Å²) in [5.41, 5.74) is 4.84. The fourth-order valence-corrected chi connectivity index (χ4v) is 2.57. The van der Waals surface area contributed by atoms with Gasteiger partial charge in [-0.2, -0.15) is 0 Å². The van der Waals surface area contributed by atoms with Crippen LogP contribution in [0.2, 0.25) is 0 Å². The van der Waals surface area contributed by atoms with Crippen LogP contribution in [0.3, 0.4) is 0 Å². The van der Waals surface area contributed by atoms with Crippen molar-refractivity contribution in [1.29, 1.82) is 0 Å². The number of alkyl carbamates (subject to hydrolysis) is 1. The molecule has 1 aliphatic carbocycles. The Kier molecular flexibility index (Phi) is 5.84. The van der Waals surface area contributed by atoms with E-state index < -0.39 is 29.3 Å². The topological polar surface area (TPSA) is 90.6 Å². The first-order valence-electron chi connectivity index (χ1n) is 7.87. The van der Waals surface area contributed by atoms with Crippen LogP contribution in [0.5, 0.6) is 0 Å². The van der Waals surface area contributed by atoms with Gasteiger partial charge in [0.2, 0.25) is 0 Å². The van der Waals surface area contributed by atoms with E-state index in [-0.39, 0.29) is 12.0 Å². The molecule has 6 nitrogen and oxygen atoms in total. The molecule has 0 aromatic carbocycles. The van der Waals surface area contributed by atoms with Gasteiger partial charge in [0.1, 0.15) is 17.2 Å². The van der Waals surface area contributed by atoms with Crippen LogP contribution in [0.25, 0.3) is 0 Å². The van der Waals surface area contributed by atoms with Gasteiger partial charge in [-0.1, -0.05) is 6.42 Å². The molecule has 0 radical (unpaired) electrons. The number of carbonyl (C=O) groups excluding carboxylic acids is 2. The van der Waals surface area contributed by atoms with Crippen LogP contribution in [-0.2, 0) is 14.3 Å². The van der Waals surface area contributed by atoms with Gasteiger partial charge in [0.25, 0.3) is 0 Å². The average Bonchev–Trinajstić information content (AvgIpc) is 2.67. The van der Waals surface area contributed by atoms with Gasteiger partial charge in [0, 0.05) is 12.0 Å². The highest BCUT2D eigenvalue weighted by atomic mass is 16.6. The largest absolute Gasteiger partial charge is 0.458 e. The summed E-state index contributed by atoms with van der Waals surface area (Å²) >= 11 is 0. The van der Waals surface area contributed by atoms with Crippen molar-refractivity contribution >= 4 is 12.1 Å². The molecule has 1 amide bonds. The molecule has 3 atom stereocenters. The molecule has 0 bridgehead atoms. The Morgan fingerprint density at radius 1 is 1.05 bits per heavy atom. The van der Waals surface area contributed by atoms with Crippen molar-refractivity contribution in [3.63, 3.8) is 0 Å². The average molecular weight is 314 g/mol. The van der Waals surface area contributed by atoms with Crippen LogP contribution in [0.4, 0.5) is 4.79 Å². The highest BCUT2D eigenvalue weighted by Crippen LogP contribution is 2.28. The minimum absolute atomic E-state index is 0.118. The van der Waals surface area contributed by atoms with E-state index in [0.29, 0.717) is 0 Å². The third-order valence-electron chi connectivity index (χ3n) is 3.39. The van der Waals surface area contributed by atoms with E-state index in [4.69, 9.17) is 15.2 Å². The van der Waals surface area contributed by atoms with Crippen LogP contribution in [0.15, 0.2) is 0 Å². The standard InChI is InChI=1S/C16H30N2O4/c1-15(2,3)21-13(19)12(10-8-7-9-11(10)17)18-14(20)22-16(4,5)6/h10-12H,7-9,17H2,1-6H3,(H,18,20)/t10-,11+,12+/m1/s1. The Hall–Kier alpha value is -1.30. The first-order valence-corrected chi connectivity index (χ1v) is 7.87. The SMILES string of the molecule is CC(C)(C)OC(=O)N[C@H](C(=O)OC(C)(C)C)[C@@H]1CCC[C@@H]1N. The molecule has 128 valence electrons. The zero-order valence-electron chi connectivity index (χ0n) is 14.6. The summed E-state index contributed by atoms with van der Waals surface area (Å²) < 4.78 is 10.7. The van der Waals surface area contributed by atoms with Crippen molar-refractivity contribution in [2.75, 3.05) is 0 Å². The van der Waals surface area contributed by atoms with Gasteiger partial charge in [-0.25, -0.2) is 9.59 Å². The lowest BCUT2D eigenvalue weighted by molar-refractivity contribution is -0.159. The minimum Gasteiger partial charge on any atom is -0.458 e. The smallest absolute Gasteiger partial charge is 0.408 e. The van der Waals surface area contributed by atoms with Crippen LogP contribution in [-0.4, -0.2) is 35.3 Å². The molecule has 0 aromatic rings. The van der Waals surface area contributed by atoms with Gasteiger partial charge in [0.05, 0.1) is 0 Å². The molecular weight excluding hydrogens is 284 g/mol. The van der Waals surface area contributed by atoms with Gasteiger partial charge in [0.15, 0.2) is 0 Å². The summed E-state index contributed by atoms with van der Waals surface area (Å²) in [5, 5.41) is 2.65. The van der Waals surface area contributed by atoms with Gasteiger partial charge < -0.3 is 20.5 Å². The fraction of sp³-hybridized carbons (Fsp3) is 0.875. The normalized spacial score (nSPS) is 23.8. The molecule has 3 N–H and O–H groups in total. The van der Waals surface area contributed by atoms with Crippen molar-refractivity contribution in [1.82, 2.24) is 5.32 Å². The fourth-order valence-electron chi connectivity index (χ4n) is 2.57. The number of rotatable bonds is 3. The predicted octanol–water partition coefficient (Wildman–Crippen LogP) is 2.35. The van der Waals surface area contributed by atoms with E-state index in [1.807, 2.05) is 0 Å². The monoisotopic (exact) mass is 314 g/mol. The number of amides is 1. The van der Waals surface area contributed by atoms with Crippen molar-refractivity contribution in [2.45, 2.75) is 84.1 Å². The minimum atomic E-state index is -0.772. The molecule has 0 heterocycles. The molecule has 0 aromatic heterocycles. The van der Waals surface area contributed by atoms with Gasteiger partial charge in [-0.3, -0.25) is 0 Å². The van der Waals surface area contributed by atoms with E-state index >= 15 is 0 Å². The number of nitrogens with one attached hydrogen (secondary N) is 1. The van der Waals surface area contributed by atoms with Gasteiger partial charge >= 0.3 is 12.1 Å². The molecule has 1 aliphatic rings. The van der Waals surface area contributed by atoms with E-state index in [1.165, 1.54) is 0 Å². The van der Waals surface area contributed by atoms with Gasteiger partial charge in [-0.05, 0) is 54.4 Å². The zero-order chi connectivity index (χ0) is 17.1. The lowest BCUT2D eigenvalue weighted by atomic mass is 9.94. The highest BCUT2D eigenvalue weighted by molar-refractivity contribution is 5.82. The first kappa shape index (κ1) is 18.7. The summed E-state index contributed by atoms with van der Waals surface area (Å²) in [4.78, 5) is 24.5. The maximum Gasteiger partial charge on any atom is 0.408 e. The quantitative estimate of drug-likeness (QED) is 0.780. The molecule has 1 rings (SSSR count). The number of esters is 1. The third kappa shape index (κ3) is 6.22. The highest BCUT2D eigenvalue weighted by Gasteiger charge is 2.39. The summed E-state index contributed by atoms with van der Waals surface area (Å²) in [5.74, 6) is -0.580. The van der Waals surface area contributed by atoms with Gasteiger partial charge in [-0.15, -0.1) is 0 Å². The second kappa shape index (κ2) is 6.86. The number of carbonyl (C=O) groups is 2. The summed E-state index contributed by atoms with van der Waals surface area (Å²) in [6.07, 6.45) is 1.96. The molecule has 0 spiro atoms. The Labute approximate surface area is 133 Å². The summed E-state index contributed by atoms with van der Waals surface area (Å²) in [7, 11) is 0. The van der Waals surface area contributed by atoms with Crippen LogP contribution < -0.4 is 11.1 Å². The number of hydrogen-bond acceptors (Lipinski definition) is 5. The van der Waals surface area contributed by atoms with Crippen molar-refractivity contribution in [2.24, 2.45) is 11.7 Å². The summed E-state index contributed by atoms with van der Waals surface area (Å²) in [6.45, 7) is 10.7. The molecule has 0 saturated heterocycles. The van der Waals surface area contributed by atoms with Crippen molar-refractivity contribution in [3.05, 3.63) is 0 Å². The van der Waals surface area contributed by atoms with E-state index in [9.17, 15) is 9.59 Å². The number of nitrogens with two attached hydrogens (primary N) is 1. The second-order valence-electron chi connectivity index (χ2n) is 7.92. The van der Waals surface area contributed by atoms with E-state index in [0.717, 1.165) is 19.3 Å².